The molecule has 3 aromatic rings. The molecule has 1 aromatic heterocycles. The van der Waals surface area contributed by atoms with Crippen LogP contribution in [-0.2, 0) is 0 Å². The molecule has 30 heavy (non-hydrogen) atoms. The van der Waals surface area contributed by atoms with Gasteiger partial charge in [0.05, 0.1) is 11.1 Å². The van der Waals surface area contributed by atoms with E-state index in [2.05, 4.69) is 10.2 Å². The fourth-order valence-corrected chi connectivity index (χ4v) is 3.97. The summed E-state index contributed by atoms with van der Waals surface area (Å²) in [7, 11) is 0. The second-order valence-electron chi connectivity index (χ2n) is 7.22. The van der Waals surface area contributed by atoms with Crippen LogP contribution in [-0.4, -0.2) is 35.2 Å². The van der Waals surface area contributed by atoms with Gasteiger partial charge in [-0.3, -0.25) is 4.79 Å². The zero-order chi connectivity index (χ0) is 21.3. The van der Waals surface area contributed by atoms with Crippen LogP contribution in [0.4, 0.5) is 11.5 Å². The minimum absolute atomic E-state index is 0.137. The molecule has 5 nitrogen and oxygen atoms in total. The van der Waals surface area contributed by atoms with Gasteiger partial charge in [0, 0.05) is 30.3 Å². The molecule has 1 aliphatic heterocycles. The van der Waals surface area contributed by atoms with Crippen molar-refractivity contribution in [2.24, 2.45) is 0 Å². The molecule has 1 atom stereocenters. The third-order valence-corrected chi connectivity index (χ3v) is 5.36. The van der Waals surface area contributed by atoms with Crippen molar-refractivity contribution in [3.8, 4) is 0 Å². The van der Waals surface area contributed by atoms with Crippen LogP contribution < -0.4 is 10.2 Å². The Hall–Kier alpha value is -2.92. The summed E-state index contributed by atoms with van der Waals surface area (Å²) in [5.74, 6) is 0.678. The van der Waals surface area contributed by atoms with Gasteiger partial charge in [-0.2, -0.15) is 0 Å². The molecule has 2 aromatic carbocycles. The Kier molecular flexibility index (Phi) is 7.80. The van der Waals surface area contributed by atoms with Crippen molar-refractivity contribution in [2.75, 3.05) is 23.4 Å². The van der Waals surface area contributed by atoms with Gasteiger partial charge in [0.2, 0.25) is 0 Å². The van der Waals surface area contributed by atoms with Crippen LogP contribution in [0.5, 0.6) is 0 Å². The largest absolute Gasteiger partial charge is 0.396 e. The molecule has 1 aliphatic rings. The number of nitrogens with zero attached hydrogens (tertiary/aromatic N) is 2. The van der Waals surface area contributed by atoms with Gasteiger partial charge < -0.3 is 15.3 Å². The van der Waals surface area contributed by atoms with Gasteiger partial charge in [-0.15, -0.1) is 0 Å². The summed E-state index contributed by atoms with van der Waals surface area (Å²) in [6.45, 7) is 5.06. The third kappa shape index (κ3) is 4.97. The molecule has 1 fully saturated rings. The van der Waals surface area contributed by atoms with E-state index in [1.54, 1.807) is 0 Å². The fraction of sp³-hybridized carbons (Fsp3) is 0.360. The zero-order valence-electron chi connectivity index (χ0n) is 17.8. The number of para-hydroxylation sites is 2. The van der Waals surface area contributed by atoms with Crippen LogP contribution in [0, 0.1) is 0 Å². The Morgan fingerprint density at radius 2 is 1.83 bits per heavy atom. The molecule has 2 N–H and O–H groups in total. The van der Waals surface area contributed by atoms with Gasteiger partial charge in [-0.25, -0.2) is 4.98 Å². The monoisotopic (exact) mass is 405 g/mol. The standard InChI is InChI=1S/C23H25N3O2.C2H6/c27-15-13-18-10-6-7-14-26(18)22-16-20(19-11-4-5-12-21(19)25-22)23(28)24-17-8-2-1-3-9-17;1-2/h1-5,8-9,11-12,16,18,27H,6-7,10,13-15H2,(H,24,28);1-2H3. The Morgan fingerprint density at radius 1 is 1.10 bits per heavy atom. The molecule has 0 saturated carbocycles. The first-order chi connectivity index (χ1) is 14.8. The van der Waals surface area contributed by atoms with Crippen LogP contribution in [0.2, 0.25) is 0 Å². The number of aliphatic hydroxyl groups excluding tert-OH is 1. The molecule has 158 valence electrons. The maximum atomic E-state index is 13.1. The second-order valence-corrected chi connectivity index (χ2v) is 7.22. The number of carbonyl (C=O) groups is 1. The summed E-state index contributed by atoms with van der Waals surface area (Å²) >= 11 is 0. The maximum absolute atomic E-state index is 13.1. The molecular formula is C25H31N3O2. The van der Waals surface area contributed by atoms with Crippen molar-refractivity contribution in [3.63, 3.8) is 0 Å². The first kappa shape index (κ1) is 21.8. The number of fused-ring (bicyclic) bond motifs is 1. The number of pyridine rings is 1. The summed E-state index contributed by atoms with van der Waals surface area (Å²) in [6.07, 6.45) is 4.03. The molecule has 5 heteroatoms. The smallest absolute Gasteiger partial charge is 0.256 e. The van der Waals surface area contributed by atoms with Crippen molar-refractivity contribution in [2.45, 2.75) is 45.6 Å². The number of rotatable bonds is 5. The molecular weight excluding hydrogens is 374 g/mol. The van der Waals surface area contributed by atoms with Crippen LogP contribution in [0.15, 0.2) is 60.7 Å². The number of hydrogen-bond acceptors (Lipinski definition) is 4. The number of aromatic nitrogens is 1. The molecule has 2 heterocycles. The highest BCUT2D eigenvalue weighted by molar-refractivity contribution is 6.13. The Labute approximate surface area is 178 Å². The first-order valence-electron chi connectivity index (χ1n) is 10.9. The maximum Gasteiger partial charge on any atom is 0.256 e. The Balaban J connectivity index is 0.00000124. The number of carbonyl (C=O) groups excluding carboxylic acids is 1. The average molecular weight is 406 g/mol. The van der Waals surface area contributed by atoms with Gasteiger partial charge >= 0.3 is 0 Å². The Bertz CT molecular complexity index is 957. The lowest BCUT2D eigenvalue weighted by Gasteiger charge is -2.36. The van der Waals surface area contributed by atoms with Crippen molar-refractivity contribution < 1.29 is 9.90 Å². The predicted molar refractivity (Wildman–Crippen MR) is 124 cm³/mol. The van der Waals surface area contributed by atoms with Crippen molar-refractivity contribution in [1.82, 2.24) is 4.98 Å². The SMILES string of the molecule is CC.O=C(Nc1ccccc1)c1cc(N2CCCCC2CCO)nc2ccccc12. The molecule has 0 aliphatic carbocycles. The Morgan fingerprint density at radius 3 is 2.60 bits per heavy atom. The lowest BCUT2D eigenvalue weighted by molar-refractivity contribution is 0.102. The molecule has 0 bridgehead atoms. The van der Waals surface area contributed by atoms with Crippen LogP contribution in [0.3, 0.4) is 0 Å². The van der Waals surface area contributed by atoms with Crippen molar-refractivity contribution >= 4 is 28.3 Å². The van der Waals surface area contributed by atoms with E-state index in [-0.39, 0.29) is 18.6 Å². The van der Waals surface area contributed by atoms with E-state index in [0.717, 1.165) is 54.6 Å². The average Bonchev–Trinajstić information content (AvgIpc) is 2.81. The van der Waals surface area contributed by atoms with E-state index in [1.807, 2.05) is 74.5 Å². The number of anilines is 2. The number of aliphatic hydroxyl groups is 1. The normalized spacial score (nSPS) is 16.0. The van der Waals surface area contributed by atoms with Crippen molar-refractivity contribution in [3.05, 3.63) is 66.2 Å². The predicted octanol–water partition coefficient (Wildman–Crippen LogP) is 5.25. The topological polar surface area (TPSA) is 65.5 Å². The minimum Gasteiger partial charge on any atom is -0.396 e. The summed E-state index contributed by atoms with van der Waals surface area (Å²) in [5, 5.41) is 13.3. The van der Waals surface area contributed by atoms with Gasteiger partial charge in [0.15, 0.2) is 0 Å². The van der Waals surface area contributed by atoms with Crippen LogP contribution in [0.25, 0.3) is 10.9 Å². The van der Waals surface area contributed by atoms with E-state index in [4.69, 9.17) is 4.98 Å². The van der Waals surface area contributed by atoms with E-state index in [1.165, 1.54) is 0 Å². The van der Waals surface area contributed by atoms with Gasteiger partial charge in [0.25, 0.3) is 5.91 Å². The molecule has 1 amide bonds. The molecule has 1 unspecified atom stereocenters. The van der Waals surface area contributed by atoms with E-state index in [0.29, 0.717) is 5.56 Å². The highest BCUT2D eigenvalue weighted by Crippen LogP contribution is 2.29. The van der Waals surface area contributed by atoms with E-state index >= 15 is 0 Å². The van der Waals surface area contributed by atoms with E-state index in [9.17, 15) is 9.90 Å². The lowest BCUT2D eigenvalue weighted by atomic mass is 9.99. The van der Waals surface area contributed by atoms with Crippen LogP contribution >= 0.6 is 0 Å². The molecule has 1 saturated heterocycles. The highest BCUT2D eigenvalue weighted by Gasteiger charge is 2.25. The number of piperidine rings is 1. The van der Waals surface area contributed by atoms with Gasteiger partial charge in [-0.1, -0.05) is 50.2 Å². The quantitative estimate of drug-likeness (QED) is 0.608. The highest BCUT2D eigenvalue weighted by atomic mass is 16.3. The first-order valence-corrected chi connectivity index (χ1v) is 10.9. The molecule has 0 spiro atoms. The molecule has 0 radical (unpaired) electrons. The van der Waals surface area contributed by atoms with E-state index < -0.39 is 0 Å². The number of hydrogen-bond donors (Lipinski definition) is 2. The second kappa shape index (κ2) is 10.7. The van der Waals surface area contributed by atoms with Crippen LogP contribution in [0.1, 0.15) is 49.9 Å². The number of amides is 1. The minimum atomic E-state index is -0.137. The van der Waals surface area contributed by atoms with Gasteiger partial charge in [0.1, 0.15) is 5.82 Å². The zero-order valence-corrected chi connectivity index (χ0v) is 17.8. The fourth-order valence-electron chi connectivity index (χ4n) is 3.97. The number of benzene rings is 2. The number of nitrogens with one attached hydrogen (secondary N) is 1. The summed E-state index contributed by atoms with van der Waals surface area (Å²) in [5.41, 5.74) is 2.20. The molecule has 4 rings (SSSR count). The van der Waals surface area contributed by atoms with Gasteiger partial charge in [-0.05, 0) is 49.9 Å². The summed E-state index contributed by atoms with van der Waals surface area (Å²) in [4.78, 5) is 20.2. The summed E-state index contributed by atoms with van der Waals surface area (Å²) < 4.78 is 0. The van der Waals surface area contributed by atoms with Crippen molar-refractivity contribution in [1.29, 1.82) is 0 Å². The third-order valence-electron chi connectivity index (χ3n) is 5.36. The summed E-state index contributed by atoms with van der Waals surface area (Å²) in [6, 6.07) is 19.4. The lowest BCUT2D eigenvalue weighted by Crippen LogP contribution is -2.40.